The van der Waals surface area contributed by atoms with Crippen LogP contribution in [0.15, 0.2) is 115 Å². The third kappa shape index (κ3) is 1.76. The van der Waals surface area contributed by atoms with Gasteiger partial charge in [-0.05, 0) is 23.6 Å². The van der Waals surface area contributed by atoms with Crippen LogP contribution in [0.5, 0.6) is 0 Å². The Balaban J connectivity index is 1.63. The number of hydrogen-bond donors (Lipinski definition) is 0. The lowest BCUT2D eigenvalue weighted by atomic mass is 9.69. The summed E-state index contributed by atoms with van der Waals surface area (Å²) >= 11 is 0. The van der Waals surface area contributed by atoms with Crippen molar-refractivity contribution in [1.29, 1.82) is 0 Å². The van der Waals surface area contributed by atoms with Crippen LogP contribution in [-0.2, 0) is 21.6 Å². The zero-order valence-corrected chi connectivity index (χ0v) is 17.4. The van der Waals surface area contributed by atoms with Gasteiger partial charge in [-0.15, -0.1) is 0 Å². The van der Waals surface area contributed by atoms with E-state index < -0.39 is 11.3 Å². The van der Waals surface area contributed by atoms with Crippen molar-refractivity contribution in [1.82, 2.24) is 4.90 Å². The molecule has 2 nitrogen and oxygen atoms in total. The molecule has 0 radical (unpaired) electrons. The zero-order valence-electron chi connectivity index (χ0n) is 17.4. The lowest BCUT2D eigenvalue weighted by Crippen LogP contribution is -2.42. The van der Waals surface area contributed by atoms with Crippen molar-refractivity contribution in [2.45, 2.75) is 29.8 Å². The van der Waals surface area contributed by atoms with Gasteiger partial charge in [0.05, 0.1) is 0 Å². The smallest absolute Gasteiger partial charge is 0.177 e. The van der Waals surface area contributed by atoms with Crippen LogP contribution in [-0.4, -0.2) is 10.9 Å². The van der Waals surface area contributed by atoms with Gasteiger partial charge in [0.15, 0.2) is 5.72 Å². The Morgan fingerprint density at radius 1 is 0.581 bits per heavy atom. The van der Waals surface area contributed by atoms with E-state index in [1.54, 1.807) is 0 Å². The summed E-state index contributed by atoms with van der Waals surface area (Å²) in [6.07, 6.45) is 0. The van der Waals surface area contributed by atoms with Gasteiger partial charge in [0.1, 0.15) is 11.1 Å². The molecule has 31 heavy (non-hydrogen) atoms. The van der Waals surface area contributed by atoms with Gasteiger partial charge in [0, 0.05) is 17.2 Å². The van der Waals surface area contributed by atoms with E-state index in [0.717, 1.165) is 0 Å². The van der Waals surface area contributed by atoms with Crippen LogP contribution >= 0.6 is 0 Å². The van der Waals surface area contributed by atoms with Gasteiger partial charge in [-0.1, -0.05) is 115 Å². The quantitative estimate of drug-likeness (QED) is 0.404. The molecule has 0 aliphatic carbocycles. The zero-order chi connectivity index (χ0) is 20.7. The second-order valence-corrected chi connectivity index (χ2v) is 8.88. The van der Waals surface area contributed by atoms with E-state index in [1.807, 2.05) is 0 Å². The number of ether oxygens (including phenoxy) is 1. The summed E-state index contributed by atoms with van der Waals surface area (Å²) < 4.78 is 7.41. The largest absolute Gasteiger partial charge is 0.333 e. The molecular formula is C29H23NO. The van der Waals surface area contributed by atoms with Crippen molar-refractivity contribution < 1.29 is 4.74 Å². The minimum absolute atomic E-state index is 0.250. The molecule has 150 valence electrons. The van der Waals surface area contributed by atoms with Crippen molar-refractivity contribution >= 4 is 0 Å². The molecule has 3 aliphatic rings. The van der Waals surface area contributed by atoms with E-state index >= 15 is 0 Å². The molecule has 5 unspecified atom stereocenters. The monoisotopic (exact) mass is 401 g/mol. The van der Waals surface area contributed by atoms with E-state index in [4.69, 9.17) is 4.74 Å². The first-order valence-electron chi connectivity index (χ1n) is 11.0. The van der Waals surface area contributed by atoms with Gasteiger partial charge in [0.2, 0.25) is 0 Å². The van der Waals surface area contributed by atoms with Gasteiger partial charge >= 0.3 is 0 Å². The molecule has 3 heterocycles. The molecule has 2 fully saturated rings. The van der Waals surface area contributed by atoms with Gasteiger partial charge in [-0.2, -0.15) is 0 Å². The molecule has 7 rings (SSSR count). The Hall–Kier alpha value is -3.20. The average Bonchev–Trinajstić information content (AvgIpc) is 3.24. The van der Waals surface area contributed by atoms with Gasteiger partial charge in [-0.25, -0.2) is 4.90 Å². The fraction of sp³-hybridized carbons (Fsp3) is 0.172. The summed E-state index contributed by atoms with van der Waals surface area (Å²) in [5, 5.41) is 0. The van der Waals surface area contributed by atoms with Crippen LogP contribution in [0.3, 0.4) is 0 Å². The maximum absolute atomic E-state index is 7.41. The van der Waals surface area contributed by atoms with E-state index in [1.165, 1.54) is 27.8 Å². The Morgan fingerprint density at radius 2 is 1.06 bits per heavy atom. The van der Waals surface area contributed by atoms with E-state index in [9.17, 15) is 0 Å². The lowest BCUT2D eigenvalue weighted by Gasteiger charge is -2.37. The van der Waals surface area contributed by atoms with E-state index in [0.29, 0.717) is 6.04 Å². The first kappa shape index (κ1) is 17.5. The predicted octanol–water partition coefficient (Wildman–Crippen LogP) is 5.77. The molecule has 5 atom stereocenters. The van der Waals surface area contributed by atoms with Crippen LogP contribution in [0, 0.1) is 0 Å². The maximum atomic E-state index is 7.41. The van der Waals surface area contributed by atoms with Gasteiger partial charge < -0.3 is 4.74 Å². The van der Waals surface area contributed by atoms with Crippen LogP contribution in [0.25, 0.3) is 0 Å². The molecule has 4 aromatic carbocycles. The molecule has 0 spiro atoms. The standard InChI is InChI=1S/C29H23NO/c1-21-27(22-13-5-2-6-14-22)28(23-15-7-3-8-16-23)25-19-11-12-20-26(25)29(31-28,30(21)27)24-17-9-4-10-18-24/h2-21H,1H3. The Kier molecular flexibility index (Phi) is 3.23. The molecule has 4 aromatic rings. The molecule has 3 aliphatic heterocycles. The highest BCUT2D eigenvalue weighted by Gasteiger charge is 2.89. The SMILES string of the molecule is CC1N2C3(c4ccccc4)OC(c4ccccc4)(c4ccccc43)C12c1ccccc1. The fourth-order valence-electron chi connectivity index (χ4n) is 6.69. The fourth-order valence-corrected chi connectivity index (χ4v) is 6.69. The molecule has 0 N–H and O–H groups in total. The first-order valence-corrected chi connectivity index (χ1v) is 11.0. The highest BCUT2D eigenvalue weighted by atomic mass is 16.6. The third-order valence-electron chi connectivity index (χ3n) is 7.71. The van der Waals surface area contributed by atoms with E-state index in [-0.39, 0.29) is 5.54 Å². The summed E-state index contributed by atoms with van der Waals surface area (Å²) in [5.74, 6) is 0. The Morgan fingerprint density at radius 3 is 1.68 bits per heavy atom. The summed E-state index contributed by atoms with van der Waals surface area (Å²) in [6.45, 7) is 2.36. The summed E-state index contributed by atoms with van der Waals surface area (Å²) in [4.78, 5) is 2.61. The predicted molar refractivity (Wildman–Crippen MR) is 121 cm³/mol. The molecular weight excluding hydrogens is 378 g/mol. The maximum Gasteiger partial charge on any atom is 0.177 e. The molecule has 0 saturated carbocycles. The summed E-state index contributed by atoms with van der Waals surface area (Å²) in [5.41, 5.74) is 4.87. The lowest BCUT2D eigenvalue weighted by molar-refractivity contribution is -0.0999. The third-order valence-corrected chi connectivity index (χ3v) is 7.71. The Bertz CT molecular complexity index is 1290. The minimum Gasteiger partial charge on any atom is -0.333 e. The minimum atomic E-state index is -0.594. The normalized spacial score (nSPS) is 34.2. The van der Waals surface area contributed by atoms with Crippen molar-refractivity contribution in [2.24, 2.45) is 0 Å². The van der Waals surface area contributed by atoms with Crippen LogP contribution in [0.2, 0.25) is 0 Å². The van der Waals surface area contributed by atoms with Crippen molar-refractivity contribution in [3.05, 3.63) is 143 Å². The number of benzene rings is 4. The van der Waals surface area contributed by atoms with Crippen molar-refractivity contribution in [3.63, 3.8) is 0 Å². The molecule has 2 heteroatoms. The van der Waals surface area contributed by atoms with Crippen molar-refractivity contribution in [3.8, 4) is 0 Å². The second kappa shape index (κ2) is 5.73. The van der Waals surface area contributed by atoms with Crippen LogP contribution in [0.1, 0.15) is 34.7 Å². The summed E-state index contributed by atoms with van der Waals surface area (Å²) in [6, 6.07) is 41.7. The molecule has 2 saturated heterocycles. The molecule has 2 bridgehead atoms. The van der Waals surface area contributed by atoms with Crippen molar-refractivity contribution in [2.75, 3.05) is 0 Å². The average molecular weight is 402 g/mol. The highest BCUT2D eigenvalue weighted by molar-refractivity contribution is 5.65. The second-order valence-electron chi connectivity index (χ2n) is 8.88. The molecule has 0 aromatic heterocycles. The number of nitrogens with zero attached hydrogens (tertiary/aromatic N) is 1. The van der Waals surface area contributed by atoms with Gasteiger partial charge in [0.25, 0.3) is 0 Å². The van der Waals surface area contributed by atoms with E-state index in [2.05, 4.69) is 127 Å². The first-order chi connectivity index (χ1) is 15.3. The number of fused-ring (bicyclic) bond motifs is 8. The highest BCUT2D eigenvalue weighted by Crippen LogP contribution is 2.80. The number of rotatable bonds is 3. The molecule has 0 amide bonds. The van der Waals surface area contributed by atoms with Crippen LogP contribution in [0.4, 0.5) is 0 Å². The van der Waals surface area contributed by atoms with Crippen LogP contribution < -0.4 is 0 Å². The van der Waals surface area contributed by atoms with Gasteiger partial charge in [-0.3, -0.25) is 0 Å². The topological polar surface area (TPSA) is 12.2 Å². The summed E-state index contributed by atoms with van der Waals surface area (Å²) in [7, 11) is 0. The Labute approximate surface area is 182 Å². The number of hydrogen-bond acceptors (Lipinski definition) is 2.